The number of hydrogen-bond donors (Lipinski definition) is 0. The molecule has 0 atom stereocenters. The number of nitrogens with zero attached hydrogens (tertiary/aromatic N) is 2. The quantitative estimate of drug-likeness (QED) is 0.742. The first-order valence-corrected chi connectivity index (χ1v) is 6.07. The zero-order valence-corrected chi connectivity index (χ0v) is 11.3. The third-order valence-electron chi connectivity index (χ3n) is 2.65. The molecule has 0 radical (unpaired) electrons. The van der Waals surface area contributed by atoms with E-state index < -0.39 is 0 Å². The average molecular weight is 236 g/mol. The van der Waals surface area contributed by atoms with Crippen LogP contribution in [0.15, 0.2) is 24.3 Å². The highest BCUT2D eigenvalue weighted by atomic mass is 32.1. The minimum atomic E-state index is 0.881. The van der Waals surface area contributed by atoms with Crippen LogP contribution >= 0.6 is 12.2 Å². The van der Waals surface area contributed by atoms with Crippen LogP contribution in [0, 0.1) is 0 Å². The van der Waals surface area contributed by atoms with Gasteiger partial charge < -0.3 is 9.80 Å². The Morgan fingerprint density at radius 1 is 1.06 bits per heavy atom. The van der Waals surface area contributed by atoms with E-state index in [9.17, 15) is 0 Å². The normalized spacial score (nSPS) is 10.0. The van der Waals surface area contributed by atoms with Gasteiger partial charge in [-0.05, 0) is 38.1 Å². The maximum atomic E-state index is 5.32. The highest BCUT2D eigenvalue weighted by Crippen LogP contribution is 2.15. The lowest BCUT2D eigenvalue weighted by molar-refractivity contribution is 0.636. The molecule has 0 aliphatic heterocycles. The fourth-order valence-corrected chi connectivity index (χ4v) is 1.80. The molecule has 2 nitrogen and oxygen atoms in total. The smallest absolute Gasteiger partial charge is 0.108 e. The summed E-state index contributed by atoms with van der Waals surface area (Å²) in [5.41, 5.74) is 2.37. The van der Waals surface area contributed by atoms with Crippen molar-refractivity contribution in [1.82, 2.24) is 4.90 Å². The number of benzene rings is 1. The Morgan fingerprint density at radius 3 is 1.94 bits per heavy atom. The molecule has 1 aromatic carbocycles. The van der Waals surface area contributed by atoms with Gasteiger partial charge in [-0.15, -0.1) is 0 Å². The van der Waals surface area contributed by atoms with Crippen LogP contribution in [-0.2, 0) is 0 Å². The van der Waals surface area contributed by atoms with Crippen molar-refractivity contribution in [3.05, 3.63) is 29.8 Å². The Bertz CT molecular complexity index is 339. The van der Waals surface area contributed by atoms with Crippen LogP contribution in [0.2, 0.25) is 0 Å². The Morgan fingerprint density at radius 2 is 1.56 bits per heavy atom. The van der Waals surface area contributed by atoms with Gasteiger partial charge in [0.05, 0.1) is 0 Å². The first-order chi connectivity index (χ1) is 7.60. The average Bonchev–Trinajstić information content (AvgIpc) is 2.30. The van der Waals surface area contributed by atoms with Crippen LogP contribution in [0.5, 0.6) is 0 Å². The van der Waals surface area contributed by atoms with E-state index in [1.807, 2.05) is 19.0 Å². The van der Waals surface area contributed by atoms with Crippen molar-refractivity contribution in [3.8, 4) is 0 Å². The topological polar surface area (TPSA) is 6.48 Å². The highest BCUT2D eigenvalue weighted by Gasteiger charge is 2.05. The molecule has 3 heteroatoms. The summed E-state index contributed by atoms with van der Waals surface area (Å²) in [6.45, 7) is 6.41. The van der Waals surface area contributed by atoms with Crippen molar-refractivity contribution in [1.29, 1.82) is 0 Å². The van der Waals surface area contributed by atoms with E-state index >= 15 is 0 Å². The van der Waals surface area contributed by atoms with E-state index in [1.165, 1.54) is 5.69 Å². The van der Waals surface area contributed by atoms with Crippen molar-refractivity contribution in [2.45, 2.75) is 13.8 Å². The SMILES string of the molecule is CCN(CC)c1ccc(C(=S)N(C)C)cc1. The van der Waals surface area contributed by atoms with E-state index in [0.717, 1.165) is 23.6 Å². The first kappa shape index (κ1) is 13.0. The number of thiocarbonyl (C=S) groups is 1. The van der Waals surface area contributed by atoms with Gasteiger partial charge >= 0.3 is 0 Å². The van der Waals surface area contributed by atoms with Crippen molar-refractivity contribution in [2.75, 3.05) is 32.1 Å². The van der Waals surface area contributed by atoms with Gasteiger partial charge in [0.15, 0.2) is 0 Å². The molecule has 0 spiro atoms. The number of hydrogen-bond acceptors (Lipinski definition) is 2. The Hall–Kier alpha value is -1.09. The molecular formula is C13H20N2S. The third kappa shape index (κ3) is 2.95. The molecule has 0 saturated carbocycles. The van der Waals surface area contributed by atoms with Crippen molar-refractivity contribution >= 4 is 22.9 Å². The summed E-state index contributed by atoms with van der Waals surface area (Å²) in [6, 6.07) is 8.46. The maximum Gasteiger partial charge on any atom is 0.108 e. The van der Waals surface area contributed by atoms with Crippen molar-refractivity contribution < 1.29 is 0 Å². The van der Waals surface area contributed by atoms with Crippen LogP contribution in [0.1, 0.15) is 19.4 Å². The monoisotopic (exact) mass is 236 g/mol. The lowest BCUT2D eigenvalue weighted by atomic mass is 10.2. The van der Waals surface area contributed by atoms with E-state index in [-0.39, 0.29) is 0 Å². The molecule has 0 bridgehead atoms. The second-order valence-corrected chi connectivity index (χ2v) is 4.31. The van der Waals surface area contributed by atoms with Crippen LogP contribution in [0.3, 0.4) is 0 Å². The summed E-state index contributed by atoms with van der Waals surface area (Å²) in [5, 5.41) is 0. The van der Waals surface area contributed by atoms with Gasteiger partial charge in [0.25, 0.3) is 0 Å². The molecule has 0 aliphatic carbocycles. The van der Waals surface area contributed by atoms with Crippen LogP contribution < -0.4 is 4.90 Å². The fraction of sp³-hybridized carbons (Fsp3) is 0.462. The second-order valence-electron chi connectivity index (χ2n) is 3.92. The lowest BCUT2D eigenvalue weighted by Crippen LogP contribution is -2.23. The molecule has 1 rings (SSSR count). The third-order valence-corrected chi connectivity index (χ3v) is 3.25. The van der Waals surface area contributed by atoms with E-state index in [0.29, 0.717) is 0 Å². The largest absolute Gasteiger partial charge is 0.372 e. The molecule has 16 heavy (non-hydrogen) atoms. The Labute approximate surface area is 104 Å². The maximum absolute atomic E-state index is 5.32. The zero-order valence-electron chi connectivity index (χ0n) is 10.5. The van der Waals surface area contributed by atoms with Gasteiger partial charge in [0.1, 0.15) is 4.99 Å². The van der Waals surface area contributed by atoms with Gasteiger partial charge in [0.2, 0.25) is 0 Å². The molecule has 0 aromatic heterocycles. The number of anilines is 1. The van der Waals surface area contributed by atoms with Gasteiger partial charge in [-0.3, -0.25) is 0 Å². The highest BCUT2D eigenvalue weighted by molar-refractivity contribution is 7.80. The van der Waals surface area contributed by atoms with Crippen molar-refractivity contribution in [2.24, 2.45) is 0 Å². The van der Waals surface area contributed by atoms with Crippen LogP contribution in [0.25, 0.3) is 0 Å². The predicted octanol–water partition coefficient (Wildman–Crippen LogP) is 2.77. The van der Waals surface area contributed by atoms with Crippen LogP contribution in [0.4, 0.5) is 5.69 Å². The molecule has 0 unspecified atom stereocenters. The molecular weight excluding hydrogens is 216 g/mol. The Balaban J connectivity index is 2.86. The molecule has 0 saturated heterocycles. The summed E-state index contributed by atoms with van der Waals surface area (Å²) >= 11 is 5.32. The van der Waals surface area contributed by atoms with Gasteiger partial charge in [0, 0.05) is 38.4 Å². The molecule has 88 valence electrons. The summed E-state index contributed by atoms with van der Waals surface area (Å²) < 4.78 is 0. The van der Waals surface area contributed by atoms with Gasteiger partial charge in [-0.25, -0.2) is 0 Å². The number of rotatable bonds is 4. The summed E-state index contributed by atoms with van der Waals surface area (Å²) in [6.07, 6.45) is 0. The first-order valence-electron chi connectivity index (χ1n) is 5.66. The Kier molecular flexibility index (Phi) is 4.74. The second kappa shape index (κ2) is 5.85. The summed E-state index contributed by atoms with van der Waals surface area (Å²) in [7, 11) is 3.95. The minimum absolute atomic E-state index is 0.881. The predicted molar refractivity (Wildman–Crippen MR) is 75.4 cm³/mol. The minimum Gasteiger partial charge on any atom is -0.372 e. The molecule has 0 heterocycles. The van der Waals surface area contributed by atoms with E-state index in [2.05, 4.69) is 43.0 Å². The summed E-state index contributed by atoms with van der Waals surface area (Å²) in [5.74, 6) is 0. The standard InChI is InChI=1S/C13H20N2S/c1-5-15(6-2)12-9-7-11(8-10-12)13(16)14(3)4/h7-10H,5-6H2,1-4H3. The fourth-order valence-electron chi connectivity index (χ4n) is 1.66. The zero-order chi connectivity index (χ0) is 12.1. The molecule has 0 fully saturated rings. The summed E-state index contributed by atoms with van der Waals surface area (Å²) in [4.78, 5) is 5.16. The van der Waals surface area contributed by atoms with E-state index in [4.69, 9.17) is 12.2 Å². The molecule has 0 N–H and O–H groups in total. The lowest BCUT2D eigenvalue weighted by Gasteiger charge is -2.21. The molecule has 0 amide bonds. The van der Waals surface area contributed by atoms with Crippen LogP contribution in [-0.4, -0.2) is 37.1 Å². The van der Waals surface area contributed by atoms with E-state index in [1.54, 1.807) is 0 Å². The van der Waals surface area contributed by atoms with Crippen molar-refractivity contribution in [3.63, 3.8) is 0 Å². The molecule has 1 aromatic rings. The van der Waals surface area contributed by atoms with Gasteiger partial charge in [-0.1, -0.05) is 12.2 Å². The van der Waals surface area contributed by atoms with Gasteiger partial charge in [-0.2, -0.15) is 0 Å². The molecule has 0 aliphatic rings.